The Labute approximate surface area is 251 Å². The van der Waals surface area contributed by atoms with E-state index in [2.05, 4.69) is 9.97 Å². The second-order valence-electron chi connectivity index (χ2n) is 10.4. The molecule has 0 aliphatic rings. The summed E-state index contributed by atoms with van der Waals surface area (Å²) in [5.74, 6) is 0.248. The lowest BCUT2D eigenvalue weighted by Gasteiger charge is -2.29. The molecule has 0 N–H and O–H groups in total. The largest absolute Gasteiger partial charge is 0.494 e. The summed E-state index contributed by atoms with van der Waals surface area (Å²) in [7, 11) is -3.66. The lowest BCUT2D eigenvalue weighted by molar-refractivity contribution is -0.147. The number of aryl methyl sites for hydroxylation is 2. The number of pyridine rings is 2. The third-order valence-corrected chi connectivity index (χ3v) is 9.05. The van der Waals surface area contributed by atoms with Crippen molar-refractivity contribution in [1.82, 2.24) is 14.3 Å². The Morgan fingerprint density at radius 3 is 1.95 bits per heavy atom. The highest BCUT2D eigenvalue weighted by Crippen LogP contribution is 2.21. The Hall–Kier alpha value is -3.30. The van der Waals surface area contributed by atoms with Crippen LogP contribution in [0.1, 0.15) is 69.1 Å². The molecule has 0 fully saturated rings. The number of nitrogens with zero attached hydrogens (tertiary/aromatic N) is 3. The summed E-state index contributed by atoms with van der Waals surface area (Å²) in [5.41, 5.74) is 3.28. The van der Waals surface area contributed by atoms with Crippen molar-refractivity contribution in [2.75, 3.05) is 25.5 Å². The number of aromatic nitrogens is 2. The predicted molar refractivity (Wildman–Crippen MR) is 166 cm³/mol. The molecular weight excluding hydrogens is 550 g/mol. The van der Waals surface area contributed by atoms with Crippen LogP contribution in [-0.2, 0) is 38.8 Å². The van der Waals surface area contributed by atoms with Gasteiger partial charge in [0.1, 0.15) is 11.8 Å². The van der Waals surface area contributed by atoms with Crippen LogP contribution in [0.25, 0.3) is 0 Å². The molecule has 0 bridgehead atoms. The van der Waals surface area contributed by atoms with Crippen molar-refractivity contribution in [2.45, 2.75) is 77.7 Å². The average Bonchev–Trinajstić information content (AvgIpc) is 3.01. The topological polar surface area (TPSA) is 98.7 Å². The smallest absolute Gasteiger partial charge is 0.324 e. The molecule has 3 rings (SSSR count). The van der Waals surface area contributed by atoms with Crippen molar-refractivity contribution in [3.63, 3.8) is 0 Å². The molecule has 1 aromatic carbocycles. The molecule has 42 heavy (non-hydrogen) atoms. The first kappa shape index (κ1) is 33.2. The van der Waals surface area contributed by atoms with Crippen LogP contribution in [0.2, 0.25) is 0 Å². The van der Waals surface area contributed by atoms with E-state index in [-0.39, 0.29) is 25.3 Å². The van der Waals surface area contributed by atoms with E-state index in [0.29, 0.717) is 19.4 Å². The Morgan fingerprint density at radius 1 is 0.786 bits per heavy atom. The zero-order valence-corrected chi connectivity index (χ0v) is 25.8. The number of hydrogen-bond donors (Lipinski definition) is 0. The molecule has 0 unspecified atom stereocenters. The third kappa shape index (κ3) is 11.5. The summed E-state index contributed by atoms with van der Waals surface area (Å²) in [6, 6.07) is 14.6. The maximum absolute atomic E-state index is 13.5. The average molecular weight is 596 g/mol. The van der Waals surface area contributed by atoms with E-state index in [1.165, 1.54) is 9.87 Å². The molecule has 0 saturated heterocycles. The first-order valence-corrected chi connectivity index (χ1v) is 16.7. The maximum atomic E-state index is 13.5. The van der Waals surface area contributed by atoms with Gasteiger partial charge in [0.2, 0.25) is 10.0 Å². The summed E-state index contributed by atoms with van der Waals surface area (Å²) >= 11 is 0. The lowest BCUT2D eigenvalue weighted by Crippen LogP contribution is -2.48. The normalized spacial score (nSPS) is 12.3. The van der Waals surface area contributed by atoms with Gasteiger partial charge in [0.25, 0.3) is 0 Å². The molecule has 8 nitrogen and oxygen atoms in total. The van der Waals surface area contributed by atoms with Crippen LogP contribution >= 0.6 is 0 Å². The first-order valence-electron chi connectivity index (χ1n) is 15.1. The van der Waals surface area contributed by atoms with Crippen LogP contribution in [0.4, 0.5) is 0 Å². The summed E-state index contributed by atoms with van der Waals surface area (Å²) in [6.45, 7) is 4.76. The van der Waals surface area contributed by atoms with Gasteiger partial charge < -0.3 is 9.47 Å². The van der Waals surface area contributed by atoms with Crippen LogP contribution in [-0.4, -0.2) is 60.2 Å². The van der Waals surface area contributed by atoms with E-state index in [1.807, 2.05) is 67.8 Å². The SMILES string of the molecule is CCCCS(=O)(=O)N(CCCCc1ccncc1)[C@@H](Cc1ccc(OCCCCc2ccncc2)cc1)C(=O)OCC. The molecule has 2 aromatic heterocycles. The quantitative estimate of drug-likeness (QED) is 0.120. The number of benzene rings is 1. The van der Waals surface area contributed by atoms with Gasteiger partial charge in [-0.05, 0) is 111 Å². The van der Waals surface area contributed by atoms with Gasteiger partial charge in [0, 0.05) is 31.3 Å². The van der Waals surface area contributed by atoms with E-state index in [4.69, 9.17) is 9.47 Å². The van der Waals surface area contributed by atoms with E-state index in [9.17, 15) is 13.2 Å². The Morgan fingerprint density at radius 2 is 1.38 bits per heavy atom. The van der Waals surface area contributed by atoms with Crippen molar-refractivity contribution in [3.8, 4) is 5.75 Å². The summed E-state index contributed by atoms with van der Waals surface area (Å²) in [6.07, 6.45) is 13.9. The fraction of sp³-hybridized carbons (Fsp3) is 0.485. The summed E-state index contributed by atoms with van der Waals surface area (Å²) in [4.78, 5) is 21.3. The molecule has 228 valence electrons. The van der Waals surface area contributed by atoms with Crippen molar-refractivity contribution in [3.05, 3.63) is 90.0 Å². The molecule has 0 saturated carbocycles. The van der Waals surface area contributed by atoms with Gasteiger partial charge in [-0.1, -0.05) is 25.5 Å². The molecule has 0 amide bonds. The van der Waals surface area contributed by atoms with E-state index in [0.717, 1.165) is 55.4 Å². The van der Waals surface area contributed by atoms with Crippen LogP contribution in [0, 0.1) is 0 Å². The molecule has 3 aromatic rings. The zero-order chi connectivity index (χ0) is 30.0. The fourth-order valence-electron chi connectivity index (χ4n) is 4.74. The van der Waals surface area contributed by atoms with Crippen molar-refractivity contribution in [1.29, 1.82) is 0 Å². The number of hydrogen-bond acceptors (Lipinski definition) is 7. The molecule has 0 spiro atoms. The van der Waals surface area contributed by atoms with E-state index in [1.54, 1.807) is 19.3 Å². The number of carbonyl (C=O) groups excluding carboxylic acids is 1. The monoisotopic (exact) mass is 595 g/mol. The highest BCUT2D eigenvalue weighted by molar-refractivity contribution is 7.89. The Balaban J connectivity index is 1.63. The van der Waals surface area contributed by atoms with Gasteiger partial charge in [-0.2, -0.15) is 4.31 Å². The van der Waals surface area contributed by atoms with Gasteiger partial charge in [-0.25, -0.2) is 8.42 Å². The standard InChI is InChI=1S/C33H45N3O5S/c1-3-5-26-42(38,39)36(24-8-6-10-28-16-20-34-21-17-28)32(33(37)40-4-2)27-30-12-14-31(15-13-30)41-25-9-7-11-29-18-22-35-23-19-29/h12-23,32H,3-11,24-27H2,1-2H3/t32-/m0/s1. The molecule has 0 radical (unpaired) electrons. The second kappa shape index (κ2) is 18.3. The highest BCUT2D eigenvalue weighted by Gasteiger charge is 2.35. The van der Waals surface area contributed by atoms with Gasteiger partial charge in [-0.3, -0.25) is 14.8 Å². The third-order valence-electron chi connectivity index (χ3n) is 7.09. The van der Waals surface area contributed by atoms with E-state index < -0.39 is 22.0 Å². The molecule has 9 heteroatoms. The van der Waals surface area contributed by atoms with Crippen molar-refractivity contribution in [2.24, 2.45) is 0 Å². The minimum Gasteiger partial charge on any atom is -0.494 e. The lowest BCUT2D eigenvalue weighted by atomic mass is 10.0. The van der Waals surface area contributed by atoms with Gasteiger partial charge in [0.15, 0.2) is 0 Å². The van der Waals surface area contributed by atoms with Gasteiger partial charge >= 0.3 is 5.97 Å². The Bertz CT molecular complexity index is 1270. The van der Waals surface area contributed by atoms with Crippen molar-refractivity contribution < 1.29 is 22.7 Å². The predicted octanol–water partition coefficient (Wildman–Crippen LogP) is 5.81. The molecule has 0 aliphatic carbocycles. The van der Waals surface area contributed by atoms with Crippen LogP contribution in [0.3, 0.4) is 0 Å². The van der Waals surface area contributed by atoms with Crippen LogP contribution in [0.5, 0.6) is 5.75 Å². The van der Waals surface area contributed by atoms with Crippen molar-refractivity contribution >= 4 is 16.0 Å². The zero-order valence-electron chi connectivity index (χ0n) is 25.0. The summed E-state index contributed by atoms with van der Waals surface area (Å²) < 4.78 is 39.7. The minimum absolute atomic E-state index is 0.0116. The highest BCUT2D eigenvalue weighted by atomic mass is 32.2. The molecule has 0 aliphatic heterocycles. The maximum Gasteiger partial charge on any atom is 0.324 e. The molecular formula is C33H45N3O5S. The minimum atomic E-state index is -3.66. The second-order valence-corrected chi connectivity index (χ2v) is 12.4. The summed E-state index contributed by atoms with van der Waals surface area (Å²) in [5, 5.41) is 0. The van der Waals surface area contributed by atoms with Crippen LogP contribution in [0.15, 0.2) is 73.3 Å². The number of ether oxygens (including phenoxy) is 2. The first-order chi connectivity index (χ1) is 20.4. The van der Waals surface area contributed by atoms with Gasteiger partial charge in [-0.15, -0.1) is 0 Å². The van der Waals surface area contributed by atoms with Gasteiger partial charge in [0.05, 0.1) is 19.0 Å². The molecule has 1 atom stereocenters. The fourth-order valence-corrected chi connectivity index (χ4v) is 6.58. The van der Waals surface area contributed by atoms with Crippen LogP contribution < -0.4 is 4.74 Å². The number of unbranched alkanes of at least 4 members (excludes halogenated alkanes) is 3. The number of carbonyl (C=O) groups is 1. The number of rotatable bonds is 20. The van der Waals surface area contributed by atoms with E-state index >= 15 is 0 Å². The Kier molecular flexibility index (Phi) is 14.5. The molecule has 2 heterocycles. The number of esters is 1. The number of sulfonamides is 1.